The summed E-state index contributed by atoms with van der Waals surface area (Å²) in [6, 6.07) is 5.01. The third-order valence-corrected chi connectivity index (χ3v) is 3.43. The van der Waals surface area contributed by atoms with Crippen LogP contribution >= 0.6 is 0 Å². The highest BCUT2D eigenvalue weighted by molar-refractivity contribution is 5.94. The van der Waals surface area contributed by atoms with E-state index in [9.17, 15) is 9.18 Å². The van der Waals surface area contributed by atoms with E-state index in [4.69, 9.17) is 0 Å². The van der Waals surface area contributed by atoms with Gasteiger partial charge in [-0.25, -0.2) is 4.39 Å². The van der Waals surface area contributed by atoms with Gasteiger partial charge >= 0.3 is 0 Å². The van der Waals surface area contributed by atoms with Gasteiger partial charge in [0.2, 0.25) is 0 Å². The highest BCUT2D eigenvalue weighted by Gasteiger charge is 2.27. The highest BCUT2D eigenvalue weighted by Crippen LogP contribution is 2.15. The van der Waals surface area contributed by atoms with Crippen LogP contribution in [0.1, 0.15) is 29.8 Å². The average Bonchev–Trinajstić information content (AvgIpc) is 2.35. The second-order valence-corrected chi connectivity index (χ2v) is 5.08. The van der Waals surface area contributed by atoms with Gasteiger partial charge in [-0.3, -0.25) is 4.79 Å². The Morgan fingerprint density at radius 1 is 1.44 bits per heavy atom. The molecule has 1 amide bonds. The van der Waals surface area contributed by atoms with Crippen molar-refractivity contribution in [1.29, 1.82) is 0 Å². The smallest absolute Gasteiger partial charge is 0.254 e. The van der Waals surface area contributed by atoms with E-state index in [2.05, 4.69) is 12.2 Å². The third-order valence-electron chi connectivity index (χ3n) is 3.43. The minimum absolute atomic E-state index is 0.0149. The normalized spacial score (nSPS) is 24.1. The number of piperazine rings is 1. The Morgan fingerprint density at radius 3 is 2.83 bits per heavy atom. The molecule has 1 aromatic rings. The number of carbonyl (C=O) groups excluding carboxylic acids is 1. The number of nitrogens with zero attached hydrogens (tertiary/aromatic N) is 1. The van der Waals surface area contributed by atoms with E-state index in [-0.39, 0.29) is 17.8 Å². The molecule has 1 heterocycles. The Balaban J connectivity index is 2.21. The molecule has 18 heavy (non-hydrogen) atoms. The van der Waals surface area contributed by atoms with Crippen molar-refractivity contribution in [1.82, 2.24) is 10.2 Å². The summed E-state index contributed by atoms with van der Waals surface area (Å²) in [5.74, 6) is -0.285. The summed E-state index contributed by atoms with van der Waals surface area (Å²) in [4.78, 5) is 14.2. The fourth-order valence-electron chi connectivity index (χ4n) is 2.25. The number of benzene rings is 1. The van der Waals surface area contributed by atoms with Crippen molar-refractivity contribution in [2.75, 3.05) is 13.1 Å². The molecule has 98 valence electrons. The van der Waals surface area contributed by atoms with Gasteiger partial charge in [-0.15, -0.1) is 0 Å². The quantitative estimate of drug-likeness (QED) is 0.826. The van der Waals surface area contributed by atoms with Crippen LogP contribution in [-0.4, -0.2) is 36.0 Å². The Hall–Kier alpha value is -1.42. The number of carbonyl (C=O) groups is 1. The molecule has 1 saturated heterocycles. The van der Waals surface area contributed by atoms with E-state index in [1.165, 1.54) is 6.07 Å². The fourth-order valence-corrected chi connectivity index (χ4v) is 2.25. The number of nitrogens with one attached hydrogen (secondary N) is 1. The van der Waals surface area contributed by atoms with Gasteiger partial charge in [0.1, 0.15) is 5.82 Å². The molecule has 1 aliphatic heterocycles. The van der Waals surface area contributed by atoms with Crippen LogP contribution in [0, 0.1) is 12.7 Å². The van der Waals surface area contributed by atoms with Crippen LogP contribution in [0.15, 0.2) is 18.2 Å². The Bertz CT molecular complexity index is 461. The van der Waals surface area contributed by atoms with E-state index >= 15 is 0 Å². The molecule has 0 aromatic heterocycles. The van der Waals surface area contributed by atoms with Crippen molar-refractivity contribution in [3.8, 4) is 0 Å². The molecule has 0 spiro atoms. The molecule has 1 aliphatic rings. The van der Waals surface area contributed by atoms with Gasteiger partial charge in [-0.1, -0.05) is 0 Å². The van der Waals surface area contributed by atoms with Crippen molar-refractivity contribution < 1.29 is 9.18 Å². The molecule has 1 N–H and O–H groups in total. The third kappa shape index (κ3) is 2.53. The minimum Gasteiger partial charge on any atom is -0.333 e. The van der Waals surface area contributed by atoms with Gasteiger partial charge < -0.3 is 10.2 Å². The molecule has 0 radical (unpaired) electrons. The van der Waals surface area contributed by atoms with Crippen LogP contribution in [-0.2, 0) is 0 Å². The number of amides is 1. The topological polar surface area (TPSA) is 32.3 Å². The lowest BCUT2D eigenvalue weighted by Gasteiger charge is -2.37. The van der Waals surface area contributed by atoms with E-state index in [1.807, 2.05) is 11.8 Å². The first-order chi connectivity index (χ1) is 8.49. The van der Waals surface area contributed by atoms with Crippen LogP contribution in [0.4, 0.5) is 4.39 Å². The van der Waals surface area contributed by atoms with Gasteiger partial charge in [-0.2, -0.15) is 0 Å². The number of hydrogen-bond acceptors (Lipinski definition) is 2. The fraction of sp³-hybridized carbons (Fsp3) is 0.500. The molecule has 0 saturated carbocycles. The largest absolute Gasteiger partial charge is 0.333 e. The number of aryl methyl sites for hydroxylation is 1. The van der Waals surface area contributed by atoms with Crippen molar-refractivity contribution in [3.05, 3.63) is 35.1 Å². The van der Waals surface area contributed by atoms with E-state index in [0.29, 0.717) is 23.7 Å². The van der Waals surface area contributed by atoms with Crippen LogP contribution in [0.3, 0.4) is 0 Å². The van der Waals surface area contributed by atoms with Gasteiger partial charge in [0.15, 0.2) is 0 Å². The molecule has 4 heteroatoms. The minimum atomic E-state index is -0.270. The van der Waals surface area contributed by atoms with Crippen molar-refractivity contribution in [2.45, 2.75) is 32.9 Å². The second kappa shape index (κ2) is 5.06. The van der Waals surface area contributed by atoms with Crippen molar-refractivity contribution in [3.63, 3.8) is 0 Å². The summed E-state index contributed by atoms with van der Waals surface area (Å²) < 4.78 is 13.2. The predicted molar refractivity (Wildman–Crippen MR) is 69.1 cm³/mol. The van der Waals surface area contributed by atoms with Gasteiger partial charge in [0.25, 0.3) is 5.91 Å². The molecule has 1 aromatic carbocycles. The van der Waals surface area contributed by atoms with Crippen LogP contribution in [0.25, 0.3) is 0 Å². The Kier molecular flexibility index (Phi) is 3.66. The van der Waals surface area contributed by atoms with Crippen LogP contribution < -0.4 is 5.32 Å². The summed E-state index contributed by atoms with van der Waals surface area (Å²) in [6.45, 7) is 7.24. The molecule has 0 aliphatic carbocycles. The maximum Gasteiger partial charge on any atom is 0.254 e. The highest BCUT2D eigenvalue weighted by atomic mass is 19.1. The van der Waals surface area contributed by atoms with E-state index in [0.717, 1.165) is 6.54 Å². The molecule has 1 fully saturated rings. The van der Waals surface area contributed by atoms with Gasteiger partial charge in [-0.05, 0) is 44.5 Å². The van der Waals surface area contributed by atoms with Gasteiger partial charge in [0.05, 0.1) is 0 Å². The van der Waals surface area contributed by atoms with Crippen LogP contribution in [0.5, 0.6) is 0 Å². The predicted octanol–water partition coefficient (Wildman–Crippen LogP) is 1.96. The maximum atomic E-state index is 13.2. The number of rotatable bonds is 1. The molecule has 3 nitrogen and oxygen atoms in total. The average molecular weight is 250 g/mol. The Morgan fingerprint density at radius 2 is 2.17 bits per heavy atom. The SMILES string of the molecule is Cc1cc(C(=O)N2CC(C)NCC2C)ccc1F. The lowest BCUT2D eigenvalue weighted by molar-refractivity contribution is 0.0616. The first-order valence-electron chi connectivity index (χ1n) is 6.29. The second-order valence-electron chi connectivity index (χ2n) is 5.08. The zero-order chi connectivity index (χ0) is 13.3. The number of hydrogen-bond donors (Lipinski definition) is 1. The first kappa shape index (κ1) is 13.0. The molecule has 0 bridgehead atoms. The van der Waals surface area contributed by atoms with Crippen LogP contribution in [0.2, 0.25) is 0 Å². The first-order valence-corrected chi connectivity index (χ1v) is 6.29. The lowest BCUT2D eigenvalue weighted by Crippen LogP contribution is -2.56. The number of halogens is 1. The molecule has 2 rings (SSSR count). The molecule has 2 unspecified atom stereocenters. The van der Waals surface area contributed by atoms with Crippen molar-refractivity contribution in [2.24, 2.45) is 0 Å². The van der Waals surface area contributed by atoms with Crippen molar-refractivity contribution >= 4 is 5.91 Å². The zero-order valence-corrected chi connectivity index (χ0v) is 11.0. The monoisotopic (exact) mass is 250 g/mol. The summed E-state index contributed by atoms with van der Waals surface area (Å²) in [6.07, 6.45) is 0. The maximum absolute atomic E-state index is 13.2. The molecule has 2 atom stereocenters. The zero-order valence-electron chi connectivity index (χ0n) is 11.0. The Labute approximate surface area is 107 Å². The lowest BCUT2D eigenvalue weighted by atomic mass is 10.1. The van der Waals surface area contributed by atoms with E-state index in [1.54, 1.807) is 19.1 Å². The summed E-state index contributed by atoms with van der Waals surface area (Å²) in [5.41, 5.74) is 1.08. The summed E-state index contributed by atoms with van der Waals surface area (Å²) in [7, 11) is 0. The standard InChI is InChI=1S/C14H19FN2O/c1-9-6-12(4-5-13(9)15)14(18)17-8-10(2)16-7-11(17)3/h4-6,10-11,16H,7-8H2,1-3H3. The molecular weight excluding hydrogens is 231 g/mol. The van der Waals surface area contributed by atoms with Gasteiger partial charge in [0, 0.05) is 30.7 Å². The summed E-state index contributed by atoms with van der Waals surface area (Å²) >= 11 is 0. The summed E-state index contributed by atoms with van der Waals surface area (Å²) in [5, 5.41) is 3.33. The van der Waals surface area contributed by atoms with E-state index < -0.39 is 0 Å². The molecular formula is C14H19FN2O.